The van der Waals surface area contributed by atoms with Crippen molar-refractivity contribution in [1.82, 2.24) is 0 Å². The van der Waals surface area contributed by atoms with Crippen LogP contribution in [0, 0.1) is 17.8 Å². The summed E-state index contributed by atoms with van der Waals surface area (Å²) in [6.45, 7) is 11.4. The molecular formula is C12H22N+. The van der Waals surface area contributed by atoms with E-state index in [0.29, 0.717) is 11.8 Å². The molecule has 0 N–H and O–H groups in total. The molecule has 1 aliphatic heterocycles. The molecule has 0 aliphatic carbocycles. The van der Waals surface area contributed by atoms with Crippen molar-refractivity contribution in [2.75, 3.05) is 7.05 Å². The minimum absolute atomic E-state index is 0.671. The minimum Gasteiger partial charge on any atom is -0.209 e. The van der Waals surface area contributed by atoms with Gasteiger partial charge in [0.1, 0.15) is 7.05 Å². The van der Waals surface area contributed by atoms with Crippen molar-refractivity contribution < 1.29 is 4.58 Å². The highest BCUT2D eigenvalue weighted by molar-refractivity contribution is 5.84. The first-order valence-corrected chi connectivity index (χ1v) is 5.23. The van der Waals surface area contributed by atoms with Gasteiger partial charge < -0.3 is 0 Å². The van der Waals surface area contributed by atoms with Gasteiger partial charge in [-0.2, -0.15) is 0 Å². The van der Waals surface area contributed by atoms with Gasteiger partial charge in [0.05, 0.1) is 5.92 Å². The lowest BCUT2D eigenvalue weighted by molar-refractivity contribution is -0.420. The van der Waals surface area contributed by atoms with E-state index in [1.807, 2.05) is 0 Å². The third-order valence-corrected chi connectivity index (χ3v) is 3.04. The second-order valence-corrected chi connectivity index (χ2v) is 4.76. The molecule has 0 saturated heterocycles. The van der Waals surface area contributed by atoms with Crippen LogP contribution in [0.4, 0.5) is 0 Å². The molecule has 1 heterocycles. The Kier molecular flexibility index (Phi) is 2.94. The molecule has 0 radical (unpaired) electrons. The van der Waals surface area contributed by atoms with Gasteiger partial charge in [-0.15, -0.1) is 0 Å². The number of hydrogen-bond donors (Lipinski definition) is 0. The molecule has 1 rings (SSSR count). The van der Waals surface area contributed by atoms with Crippen molar-refractivity contribution in [1.29, 1.82) is 0 Å². The topological polar surface area (TPSA) is 3.01 Å². The summed E-state index contributed by atoms with van der Waals surface area (Å²) in [6.07, 6.45) is 2.31. The van der Waals surface area contributed by atoms with Crippen LogP contribution in [0.1, 0.15) is 34.6 Å². The maximum absolute atomic E-state index is 2.31. The molecule has 0 aromatic carbocycles. The largest absolute Gasteiger partial charge is 0.209 e. The molecule has 1 aliphatic rings. The lowest BCUT2D eigenvalue weighted by atomic mass is 9.82. The fourth-order valence-corrected chi connectivity index (χ4v) is 2.24. The zero-order valence-electron chi connectivity index (χ0n) is 9.76. The maximum atomic E-state index is 2.31. The Labute approximate surface area is 82.2 Å². The van der Waals surface area contributed by atoms with Crippen molar-refractivity contribution in [3.63, 3.8) is 0 Å². The highest BCUT2D eigenvalue weighted by Gasteiger charge is 2.34. The van der Waals surface area contributed by atoms with E-state index >= 15 is 0 Å². The summed E-state index contributed by atoms with van der Waals surface area (Å²) >= 11 is 0. The van der Waals surface area contributed by atoms with E-state index in [2.05, 4.69) is 52.4 Å². The Morgan fingerprint density at radius 1 is 1.23 bits per heavy atom. The van der Waals surface area contributed by atoms with E-state index < -0.39 is 0 Å². The van der Waals surface area contributed by atoms with E-state index in [1.165, 1.54) is 5.71 Å². The van der Waals surface area contributed by atoms with E-state index in [9.17, 15) is 0 Å². The number of hydrogen-bond acceptors (Lipinski definition) is 0. The van der Waals surface area contributed by atoms with E-state index in [1.54, 1.807) is 5.57 Å². The highest BCUT2D eigenvalue weighted by atomic mass is 15.0. The summed E-state index contributed by atoms with van der Waals surface area (Å²) in [5.41, 5.74) is 3.09. The Hall–Kier alpha value is -0.590. The quantitative estimate of drug-likeness (QED) is 0.575. The van der Waals surface area contributed by atoms with Gasteiger partial charge >= 0.3 is 0 Å². The van der Waals surface area contributed by atoms with Crippen LogP contribution < -0.4 is 0 Å². The van der Waals surface area contributed by atoms with Crippen molar-refractivity contribution in [3.8, 4) is 0 Å². The molecular weight excluding hydrogens is 158 g/mol. The third kappa shape index (κ3) is 1.84. The van der Waals surface area contributed by atoms with Gasteiger partial charge in [0.2, 0.25) is 0 Å². The predicted molar refractivity (Wildman–Crippen MR) is 58.1 cm³/mol. The lowest BCUT2D eigenvalue weighted by Crippen LogP contribution is -2.21. The zero-order valence-corrected chi connectivity index (χ0v) is 9.76. The van der Waals surface area contributed by atoms with Gasteiger partial charge in [0, 0.05) is 12.5 Å². The first-order chi connectivity index (χ1) is 5.95. The summed E-state index contributed by atoms with van der Waals surface area (Å²) in [5, 5.41) is 0. The smallest absolute Gasteiger partial charge is 0.168 e. The summed E-state index contributed by atoms with van der Waals surface area (Å²) in [5.74, 6) is 2.07. The second-order valence-electron chi connectivity index (χ2n) is 4.76. The summed E-state index contributed by atoms with van der Waals surface area (Å²) < 4.78 is 2.28. The van der Waals surface area contributed by atoms with Crippen molar-refractivity contribution in [2.45, 2.75) is 34.6 Å². The van der Waals surface area contributed by atoms with Gasteiger partial charge in [0.25, 0.3) is 0 Å². The SMILES string of the molecule is CC1=[N+](C)C=C(C(C)C)C1C(C)C. The number of rotatable bonds is 2. The molecule has 1 unspecified atom stereocenters. The van der Waals surface area contributed by atoms with Crippen molar-refractivity contribution >= 4 is 5.71 Å². The summed E-state index contributed by atoms with van der Waals surface area (Å²) in [6, 6.07) is 0. The maximum Gasteiger partial charge on any atom is 0.168 e. The summed E-state index contributed by atoms with van der Waals surface area (Å²) in [7, 11) is 2.15. The molecule has 0 amide bonds. The molecule has 0 aromatic rings. The predicted octanol–water partition coefficient (Wildman–Crippen LogP) is 2.92. The molecule has 0 spiro atoms. The van der Waals surface area contributed by atoms with Crippen LogP contribution in [-0.2, 0) is 0 Å². The van der Waals surface area contributed by atoms with Crippen LogP contribution in [0.15, 0.2) is 11.8 Å². The molecule has 0 aromatic heterocycles. The van der Waals surface area contributed by atoms with Crippen LogP contribution in [0.5, 0.6) is 0 Å². The van der Waals surface area contributed by atoms with Gasteiger partial charge in [-0.1, -0.05) is 27.7 Å². The van der Waals surface area contributed by atoms with Gasteiger partial charge in [-0.25, -0.2) is 4.58 Å². The molecule has 0 bridgehead atoms. The third-order valence-electron chi connectivity index (χ3n) is 3.04. The van der Waals surface area contributed by atoms with Crippen LogP contribution in [0.2, 0.25) is 0 Å². The average Bonchev–Trinajstić information content (AvgIpc) is 2.28. The fraction of sp³-hybridized carbons (Fsp3) is 0.750. The molecule has 13 heavy (non-hydrogen) atoms. The highest BCUT2D eigenvalue weighted by Crippen LogP contribution is 2.31. The van der Waals surface area contributed by atoms with E-state index in [4.69, 9.17) is 0 Å². The average molecular weight is 180 g/mol. The molecule has 0 fully saturated rings. The van der Waals surface area contributed by atoms with Crippen molar-refractivity contribution in [3.05, 3.63) is 11.8 Å². The zero-order chi connectivity index (χ0) is 10.2. The Bertz CT molecular complexity index is 256. The normalized spacial score (nSPS) is 23.4. The number of nitrogens with zero attached hydrogens (tertiary/aromatic N) is 1. The van der Waals surface area contributed by atoms with Crippen LogP contribution in [-0.4, -0.2) is 17.3 Å². The Morgan fingerprint density at radius 3 is 2.08 bits per heavy atom. The second kappa shape index (κ2) is 3.65. The lowest BCUT2D eigenvalue weighted by Gasteiger charge is -2.18. The summed E-state index contributed by atoms with van der Waals surface area (Å²) in [4.78, 5) is 0. The molecule has 0 saturated carbocycles. The fourth-order valence-electron chi connectivity index (χ4n) is 2.24. The molecule has 1 atom stereocenters. The van der Waals surface area contributed by atoms with E-state index in [-0.39, 0.29) is 0 Å². The van der Waals surface area contributed by atoms with Crippen LogP contribution in [0.3, 0.4) is 0 Å². The Balaban J connectivity index is 2.97. The van der Waals surface area contributed by atoms with Crippen LogP contribution >= 0.6 is 0 Å². The first kappa shape index (κ1) is 10.5. The molecule has 74 valence electrons. The van der Waals surface area contributed by atoms with Gasteiger partial charge in [-0.3, -0.25) is 0 Å². The standard InChI is InChI=1S/C12H22N/c1-8(2)11-7-13(6)10(5)12(11)9(3)4/h7-9,12H,1-6H3/q+1. The molecule has 1 nitrogen and oxygen atoms in total. The van der Waals surface area contributed by atoms with Gasteiger partial charge in [-0.05, 0) is 11.8 Å². The first-order valence-electron chi connectivity index (χ1n) is 5.23. The van der Waals surface area contributed by atoms with Gasteiger partial charge in [0.15, 0.2) is 11.9 Å². The van der Waals surface area contributed by atoms with Crippen molar-refractivity contribution in [2.24, 2.45) is 17.8 Å². The molecule has 1 heteroatoms. The van der Waals surface area contributed by atoms with E-state index in [0.717, 1.165) is 5.92 Å². The minimum atomic E-state index is 0.671. The Morgan fingerprint density at radius 2 is 1.77 bits per heavy atom. The number of allylic oxidation sites excluding steroid dienone is 1. The monoisotopic (exact) mass is 180 g/mol. The van der Waals surface area contributed by atoms with Crippen LogP contribution in [0.25, 0.3) is 0 Å².